The number of H-pyrrole nitrogens is 2. The molecule has 5 heteroatoms. The van der Waals surface area contributed by atoms with E-state index in [9.17, 15) is 4.79 Å². The zero-order chi connectivity index (χ0) is 6.85. The molecule has 0 atom stereocenters. The highest BCUT2D eigenvalue weighted by atomic mass is 32.1. The molecule has 1 rings (SSSR count). The SMILES string of the molecule is Nc1cc(=O)[nH][13c](=S)[nH]1. The minimum absolute atomic E-state index is 0.250. The van der Waals surface area contributed by atoms with E-state index < -0.39 is 0 Å². The summed E-state index contributed by atoms with van der Waals surface area (Å²) in [5, 5.41) is 0. The van der Waals surface area contributed by atoms with Crippen LogP contribution in [0.4, 0.5) is 5.82 Å². The van der Waals surface area contributed by atoms with Crippen LogP contribution in [0.15, 0.2) is 10.9 Å². The van der Waals surface area contributed by atoms with Crippen molar-refractivity contribution in [3.63, 3.8) is 0 Å². The van der Waals surface area contributed by atoms with Gasteiger partial charge in [0.2, 0.25) is 0 Å². The van der Waals surface area contributed by atoms with Crippen molar-refractivity contribution >= 4 is 18.0 Å². The van der Waals surface area contributed by atoms with Gasteiger partial charge in [0.05, 0.1) is 0 Å². The Hall–Kier alpha value is -1.10. The summed E-state index contributed by atoms with van der Waals surface area (Å²) < 4.78 is 0.250. The van der Waals surface area contributed by atoms with Crippen LogP contribution in [0.1, 0.15) is 0 Å². The number of aromatic nitrogens is 2. The number of nitrogens with one attached hydrogen (secondary N) is 2. The van der Waals surface area contributed by atoms with Gasteiger partial charge in [0.15, 0.2) is 4.77 Å². The second-order valence-electron chi connectivity index (χ2n) is 1.54. The Bertz CT molecular complexity index is 284. The van der Waals surface area contributed by atoms with E-state index >= 15 is 0 Å². The summed E-state index contributed by atoms with van der Waals surface area (Å²) in [7, 11) is 0. The molecule has 0 saturated heterocycles. The van der Waals surface area contributed by atoms with Gasteiger partial charge in [-0.25, -0.2) is 0 Å². The Morgan fingerprint density at radius 3 is 2.67 bits per heavy atom. The highest BCUT2D eigenvalue weighted by Crippen LogP contribution is 1.84. The van der Waals surface area contributed by atoms with Gasteiger partial charge in [-0.05, 0) is 12.2 Å². The maximum atomic E-state index is 10.5. The maximum Gasteiger partial charge on any atom is 0.253 e. The maximum absolute atomic E-state index is 10.5. The summed E-state index contributed by atoms with van der Waals surface area (Å²) in [6, 6.07) is 1.23. The van der Waals surface area contributed by atoms with Gasteiger partial charge in [0.1, 0.15) is 5.82 Å². The lowest BCUT2D eigenvalue weighted by atomic mass is 10.6. The topological polar surface area (TPSA) is 74.7 Å². The Kier molecular flexibility index (Phi) is 1.35. The molecule has 0 aliphatic heterocycles. The van der Waals surface area contributed by atoms with Gasteiger partial charge in [-0.2, -0.15) is 0 Å². The number of hydrogen-bond donors (Lipinski definition) is 3. The number of aromatic amines is 2. The first-order valence-corrected chi connectivity index (χ1v) is 2.68. The molecule has 0 bridgehead atoms. The molecule has 1 heterocycles. The molecule has 1 aromatic rings. The van der Waals surface area contributed by atoms with Gasteiger partial charge in [-0.15, -0.1) is 0 Å². The summed E-state index contributed by atoms with van der Waals surface area (Å²) >= 11 is 4.60. The summed E-state index contributed by atoms with van der Waals surface area (Å²) in [4.78, 5) is 15.4. The number of nitrogen functional groups attached to an aromatic ring is 1. The minimum atomic E-state index is -0.281. The van der Waals surface area contributed by atoms with Crippen LogP contribution in [0.2, 0.25) is 0 Å². The van der Waals surface area contributed by atoms with E-state index in [1.165, 1.54) is 6.07 Å². The number of hydrogen-bond acceptors (Lipinski definition) is 3. The van der Waals surface area contributed by atoms with Crippen LogP contribution in [0.5, 0.6) is 0 Å². The van der Waals surface area contributed by atoms with Gasteiger partial charge in [0, 0.05) is 6.07 Å². The molecule has 0 fully saturated rings. The van der Waals surface area contributed by atoms with Crippen molar-refractivity contribution in [2.24, 2.45) is 0 Å². The first-order valence-electron chi connectivity index (χ1n) is 2.27. The van der Waals surface area contributed by atoms with Crippen molar-refractivity contribution < 1.29 is 0 Å². The van der Waals surface area contributed by atoms with E-state index in [2.05, 4.69) is 22.2 Å². The fourth-order valence-electron chi connectivity index (χ4n) is 0.488. The predicted molar refractivity (Wildman–Crippen MR) is 36.7 cm³/mol. The van der Waals surface area contributed by atoms with Crippen molar-refractivity contribution in [1.29, 1.82) is 0 Å². The minimum Gasteiger partial charge on any atom is -0.385 e. The van der Waals surface area contributed by atoms with E-state index in [1.807, 2.05) is 0 Å². The zero-order valence-electron chi connectivity index (χ0n) is 4.47. The number of nitrogens with two attached hydrogens (primary N) is 1. The van der Waals surface area contributed by atoms with Gasteiger partial charge in [0.25, 0.3) is 5.56 Å². The Morgan fingerprint density at radius 2 is 2.22 bits per heavy atom. The van der Waals surface area contributed by atoms with Crippen LogP contribution in [0, 0.1) is 4.77 Å². The van der Waals surface area contributed by atoms with E-state index in [4.69, 9.17) is 5.73 Å². The third-order valence-electron chi connectivity index (χ3n) is 0.781. The first kappa shape index (κ1) is 6.03. The molecule has 0 amide bonds. The molecule has 48 valence electrons. The smallest absolute Gasteiger partial charge is 0.253 e. The highest BCUT2D eigenvalue weighted by molar-refractivity contribution is 7.71. The van der Waals surface area contributed by atoms with Crippen LogP contribution < -0.4 is 11.3 Å². The summed E-state index contributed by atoms with van der Waals surface area (Å²) in [5.74, 6) is 0.281. The molecular weight excluding hydrogens is 139 g/mol. The van der Waals surface area contributed by atoms with Crippen LogP contribution in [0.25, 0.3) is 0 Å². The molecule has 0 saturated carbocycles. The second kappa shape index (κ2) is 2.02. The molecule has 0 aliphatic rings. The Balaban J connectivity index is 3.52. The summed E-state index contributed by atoms with van der Waals surface area (Å²) in [5.41, 5.74) is 4.94. The average molecular weight is 144 g/mol. The Morgan fingerprint density at radius 1 is 1.56 bits per heavy atom. The van der Waals surface area contributed by atoms with Gasteiger partial charge >= 0.3 is 0 Å². The molecule has 1 aromatic heterocycles. The molecule has 0 spiro atoms. The molecule has 9 heavy (non-hydrogen) atoms. The lowest BCUT2D eigenvalue weighted by Crippen LogP contribution is -2.07. The third-order valence-corrected chi connectivity index (χ3v) is 0.985. The Labute approximate surface area is 55.7 Å². The van der Waals surface area contributed by atoms with E-state index in [0.29, 0.717) is 0 Å². The third kappa shape index (κ3) is 1.39. The number of anilines is 1. The van der Waals surface area contributed by atoms with Gasteiger partial charge in [-0.3, -0.25) is 9.78 Å². The van der Waals surface area contributed by atoms with Crippen molar-refractivity contribution in [1.82, 2.24) is 9.97 Å². The standard InChI is InChI=1S/C4H5N3OS/c5-2-1-3(8)7-4(9)6-2/h1H,(H4,5,6,7,8,9)/i4+1. The molecule has 0 aromatic carbocycles. The monoisotopic (exact) mass is 144 g/mol. The largest absolute Gasteiger partial charge is 0.385 e. The molecule has 0 radical (unpaired) electrons. The van der Waals surface area contributed by atoms with Crippen molar-refractivity contribution in [2.45, 2.75) is 0 Å². The molecule has 0 aliphatic carbocycles. The molecule has 0 unspecified atom stereocenters. The second-order valence-corrected chi connectivity index (χ2v) is 1.95. The van der Waals surface area contributed by atoms with Crippen molar-refractivity contribution in [2.75, 3.05) is 5.73 Å². The highest BCUT2D eigenvalue weighted by Gasteiger charge is 1.84. The number of rotatable bonds is 0. The van der Waals surface area contributed by atoms with Crippen LogP contribution in [-0.2, 0) is 0 Å². The predicted octanol–water partition coefficient (Wildman–Crippen LogP) is 0.0147. The van der Waals surface area contributed by atoms with Crippen LogP contribution >= 0.6 is 12.2 Å². The fourth-order valence-corrected chi connectivity index (χ4v) is 0.706. The average Bonchev–Trinajstić information content (AvgIpc) is 1.59. The summed E-state index contributed by atoms with van der Waals surface area (Å²) in [6.45, 7) is 0. The van der Waals surface area contributed by atoms with E-state index in [-0.39, 0.29) is 16.1 Å². The van der Waals surface area contributed by atoms with Crippen LogP contribution in [0.3, 0.4) is 0 Å². The first-order chi connectivity index (χ1) is 4.18. The van der Waals surface area contributed by atoms with E-state index in [0.717, 1.165) is 0 Å². The fraction of sp³-hybridized carbons (Fsp3) is 0. The van der Waals surface area contributed by atoms with Crippen molar-refractivity contribution in [3.8, 4) is 0 Å². The quantitative estimate of drug-likeness (QED) is 0.449. The normalized spacial score (nSPS) is 9.33. The lowest BCUT2D eigenvalue weighted by molar-refractivity contribution is 1.10. The molecule has 4 nitrogen and oxygen atoms in total. The van der Waals surface area contributed by atoms with Crippen LogP contribution in [-0.4, -0.2) is 9.97 Å². The van der Waals surface area contributed by atoms with Crippen molar-refractivity contribution in [3.05, 3.63) is 21.2 Å². The summed E-state index contributed by atoms with van der Waals surface area (Å²) in [6.07, 6.45) is 0. The molecular formula is C4H5N3OS. The van der Waals surface area contributed by atoms with E-state index in [1.54, 1.807) is 0 Å². The molecule has 4 N–H and O–H groups in total. The van der Waals surface area contributed by atoms with Gasteiger partial charge < -0.3 is 10.7 Å². The zero-order valence-corrected chi connectivity index (χ0v) is 5.29. The lowest BCUT2D eigenvalue weighted by Gasteiger charge is -1.87. The van der Waals surface area contributed by atoms with Gasteiger partial charge in [-0.1, -0.05) is 0 Å².